The Hall–Kier alpha value is -4.74. The molecule has 2 saturated heterocycles. The number of amides is 1. The van der Waals surface area contributed by atoms with Gasteiger partial charge in [-0.3, -0.25) is 9.69 Å². The molecule has 0 radical (unpaired) electrons. The summed E-state index contributed by atoms with van der Waals surface area (Å²) < 4.78 is 37.7. The second-order valence-electron chi connectivity index (χ2n) is 12.5. The Morgan fingerprint density at radius 1 is 0.854 bits per heavy atom. The first-order chi connectivity index (χ1) is 23.3. The van der Waals surface area contributed by atoms with Crippen LogP contribution in [0.2, 0.25) is 0 Å². The minimum Gasteiger partial charge on any atom is -0.493 e. The van der Waals surface area contributed by atoms with Crippen LogP contribution >= 0.6 is 0 Å². The summed E-state index contributed by atoms with van der Waals surface area (Å²) >= 11 is 0. The van der Waals surface area contributed by atoms with Crippen LogP contribution in [0.25, 0.3) is 22.3 Å². The standard InChI is InChI=1S/C37H39N5O5S/c1-25-34-30(37(43)41-19-17-40(18-20-41)35(26-10-6-4-7-11-26)27-12-8-5-9-13-27)23-31(28-14-15-32(46-2)33(22-28)47-3)38-36(34)42(39-25)29-16-21-48(44,45)24-29/h4-15,22-23,29,35H,16-21,24H2,1-3H3. The maximum absolute atomic E-state index is 14.5. The Bertz CT molecular complexity index is 2020. The van der Waals surface area contributed by atoms with Crippen molar-refractivity contribution in [2.45, 2.75) is 25.4 Å². The summed E-state index contributed by atoms with van der Waals surface area (Å²) in [6.07, 6.45) is 0.454. The number of benzene rings is 3. The first-order valence-electron chi connectivity index (χ1n) is 16.2. The number of rotatable bonds is 8. The van der Waals surface area contributed by atoms with Crippen molar-refractivity contribution in [3.8, 4) is 22.8 Å². The van der Waals surface area contributed by atoms with Crippen molar-refractivity contribution in [1.82, 2.24) is 24.6 Å². The highest BCUT2D eigenvalue weighted by molar-refractivity contribution is 7.91. The number of aromatic nitrogens is 3. The molecule has 11 heteroatoms. The lowest BCUT2D eigenvalue weighted by atomic mass is 9.96. The summed E-state index contributed by atoms with van der Waals surface area (Å²) in [5.74, 6) is 1.13. The molecule has 0 spiro atoms. The van der Waals surface area contributed by atoms with E-state index in [4.69, 9.17) is 19.6 Å². The van der Waals surface area contributed by atoms with E-state index in [9.17, 15) is 13.2 Å². The van der Waals surface area contributed by atoms with Gasteiger partial charge < -0.3 is 14.4 Å². The minimum atomic E-state index is -3.18. The van der Waals surface area contributed by atoms with Crippen LogP contribution in [0.3, 0.4) is 0 Å². The predicted octanol–water partition coefficient (Wildman–Crippen LogP) is 5.33. The second-order valence-corrected chi connectivity index (χ2v) is 14.7. The van der Waals surface area contributed by atoms with E-state index in [0.29, 0.717) is 72.1 Å². The first-order valence-corrected chi connectivity index (χ1v) is 18.0. The van der Waals surface area contributed by atoms with Crippen molar-refractivity contribution in [3.05, 3.63) is 107 Å². The zero-order valence-electron chi connectivity index (χ0n) is 27.4. The van der Waals surface area contributed by atoms with E-state index in [0.717, 1.165) is 5.56 Å². The predicted molar refractivity (Wildman–Crippen MR) is 185 cm³/mol. The van der Waals surface area contributed by atoms with Gasteiger partial charge in [0.2, 0.25) is 0 Å². The topological polar surface area (TPSA) is 107 Å². The van der Waals surface area contributed by atoms with Crippen LogP contribution in [0.1, 0.15) is 45.7 Å². The molecule has 3 aromatic carbocycles. The molecule has 2 fully saturated rings. The third-order valence-corrected chi connectivity index (χ3v) is 11.2. The fourth-order valence-electron chi connectivity index (χ4n) is 7.09. The SMILES string of the molecule is COc1ccc(-c2cc(C(=O)N3CCN(C(c4ccccc4)c4ccccc4)CC3)c3c(C)nn(C4CCS(=O)(=O)C4)c3n2)cc1OC. The quantitative estimate of drug-likeness (QED) is 0.219. The number of methoxy groups -OCH3 is 2. The number of pyridine rings is 1. The Labute approximate surface area is 280 Å². The minimum absolute atomic E-state index is 0.000715. The van der Waals surface area contributed by atoms with Crippen molar-refractivity contribution in [2.75, 3.05) is 51.9 Å². The van der Waals surface area contributed by atoms with Crippen molar-refractivity contribution < 1.29 is 22.7 Å². The Morgan fingerprint density at radius 2 is 1.50 bits per heavy atom. The van der Waals surface area contributed by atoms with Gasteiger partial charge in [0.15, 0.2) is 27.0 Å². The van der Waals surface area contributed by atoms with Gasteiger partial charge in [-0.15, -0.1) is 0 Å². The highest BCUT2D eigenvalue weighted by atomic mass is 32.2. The van der Waals surface area contributed by atoms with Crippen LogP contribution in [0, 0.1) is 6.92 Å². The Morgan fingerprint density at radius 3 is 2.08 bits per heavy atom. The second kappa shape index (κ2) is 13.0. The third kappa shape index (κ3) is 6.04. The average Bonchev–Trinajstić information content (AvgIpc) is 3.66. The van der Waals surface area contributed by atoms with E-state index in [2.05, 4.69) is 53.4 Å². The number of sulfone groups is 1. The van der Waals surface area contributed by atoms with E-state index in [1.807, 2.05) is 48.2 Å². The van der Waals surface area contributed by atoms with Gasteiger partial charge in [-0.25, -0.2) is 18.1 Å². The summed E-state index contributed by atoms with van der Waals surface area (Å²) in [5.41, 5.74) is 5.41. The highest BCUT2D eigenvalue weighted by Gasteiger charge is 2.34. The van der Waals surface area contributed by atoms with E-state index in [1.165, 1.54) is 11.1 Å². The monoisotopic (exact) mass is 665 g/mol. The molecule has 2 aromatic heterocycles. The normalized spacial score (nSPS) is 18.0. The maximum Gasteiger partial charge on any atom is 0.254 e. The van der Waals surface area contributed by atoms with Crippen molar-refractivity contribution >= 4 is 26.8 Å². The molecule has 10 nitrogen and oxygen atoms in total. The molecular weight excluding hydrogens is 627 g/mol. The molecule has 0 aliphatic carbocycles. The van der Waals surface area contributed by atoms with Crippen molar-refractivity contribution in [2.24, 2.45) is 0 Å². The highest BCUT2D eigenvalue weighted by Crippen LogP contribution is 2.36. The molecule has 7 rings (SSSR count). The largest absolute Gasteiger partial charge is 0.493 e. The van der Waals surface area contributed by atoms with Gasteiger partial charge in [0.25, 0.3) is 5.91 Å². The number of piperazine rings is 1. The van der Waals surface area contributed by atoms with E-state index < -0.39 is 9.84 Å². The van der Waals surface area contributed by atoms with Gasteiger partial charge in [-0.05, 0) is 48.7 Å². The zero-order valence-corrected chi connectivity index (χ0v) is 28.2. The molecule has 48 heavy (non-hydrogen) atoms. The van der Waals surface area contributed by atoms with Crippen LogP contribution in [0.4, 0.5) is 0 Å². The molecule has 2 aliphatic heterocycles. The van der Waals surface area contributed by atoms with E-state index in [1.54, 1.807) is 18.9 Å². The number of hydrogen-bond acceptors (Lipinski definition) is 8. The molecule has 2 aliphatic rings. The van der Waals surface area contributed by atoms with Crippen molar-refractivity contribution in [3.63, 3.8) is 0 Å². The summed E-state index contributed by atoms with van der Waals surface area (Å²) in [7, 11) is -0.0211. The van der Waals surface area contributed by atoms with Gasteiger partial charge in [0.05, 0.1) is 60.1 Å². The lowest BCUT2D eigenvalue weighted by Crippen LogP contribution is -2.50. The lowest BCUT2D eigenvalue weighted by Gasteiger charge is -2.40. The number of ether oxygens (including phenoxy) is 2. The molecule has 0 bridgehead atoms. The number of hydrogen-bond donors (Lipinski definition) is 0. The van der Waals surface area contributed by atoms with Crippen LogP contribution in [0.15, 0.2) is 84.9 Å². The first kappa shape index (κ1) is 31.8. The Balaban J connectivity index is 1.25. The molecule has 5 aromatic rings. The number of nitrogens with zero attached hydrogens (tertiary/aromatic N) is 5. The summed E-state index contributed by atoms with van der Waals surface area (Å²) in [6, 6.07) is 28.1. The average molecular weight is 666 g/mol. The number of carbonyl (C=O) groups excluding carboxylic acids is 1. The molecule has 248 valence electrons. The molecule has 1 amide bonds. The summed E-state index contributed by atoms with van der Waals surface area (Å²) in [6.45, 7) is 4.38. The van der Waals surface area contributed by atoms with E-state index in [-0.39, 0.29) is 29.5 Å². The smallest absolute Gasteiger partial charge is 0.254 e. The molecule has 0 N–H and O–H groups in total. The molecule has 1 unspecified atom stereocenters. The number of carbonyl (C=O) groups is 1. The van der Waals surface area contributed by atoms with Gasteiger partial charge in [-0.2, -0.15) is 5.10 Å². The maximum atomic E-state index is 14.5. The molecule has 1 atom stereocenters. The van der Waals surface area contributed by atoms with Gasteiger partial charge in [0.1, 0.15) is 0 Å². The van der Waals surface area contributed by atoms with Crippen LogP contribution in [-0.2, 0) is 9.84 Å². The van der Waals surface area contributed by atoms with Gasteiger partial charge >= 0.3 is 0 Å². The number of aryl methyl sites for hydroxylation is 1. The van der Waals surface area contributed by atoms with Gasteiger partial charge in [-0.1, -0.05) is 60.7 Å². The van der Waals surface area contributed by atoms with Crippen LogP contribution in [0.5, 0.6) is 11.5 Å². The summed E-state index contributed by atoms with van der Waals surface area (Å²) in [4.78, 5) is 23.9. The van der Waals surface area contributed by atoms with Crippen molar-refractivity contribution in [1.29, 1.82) is 0 Å². The fraction of sp³-hybridized carbons (Fsp3) is 0.324. The number of fused-ring (bicyclic) bond motifs is 1. The van der Waals surface area contributed by atoms with E-state index >= 15 is 0 Å². The fourth-order valence-corrected chi connectivity index (χ4v) is 8.78. The molecule has 0 saturated carbocycles. The third-order valence-electron chi connectivity index (χ3n) is 9.50. The van der Waals surface area contributed by atoms with Crippen LogP contribution < -0.4 is 9.47 Å². The molecular formula is C37H39N5O5S. The molecule has 4 heterocycles. The lowest BCUT2D eigenvalue weighted by molar-refractivity contribution is 0.0599. The Kier molecular flexibility index (Phi) is 8.65. The zero-order chi connectivity index (χ0) is 33.4. The van der Waals surface area contributed by atoms with Crippen LogP contribution in [-0.4, -0.2) is 90.8 Å². The summed E-state index contributed by atoms with van der Waals surface area (Å²) in [5, 5.41) is 5.44. The van der Waals surface area contributed by atoms with Gasteiger partial charge in [0, 0.05) is 31.7 Å².